The lowest BCUT2D eigenvalue weighted by Gasteiger charge is -2.34. The van der Waals surface area contributed by atoms with Crippen molar-refractivity contribution in [1.82, 2.24) is 19.9 Å². The summed E-state index contributed by atoms with van der Waals surface area (Å²) >= 11 is 0. The highest BCUT2D eigenvalue weighted by Gasteiger charge is 2.43. The summed E-state index contributed by atoms with van der Waals surface area (Å²) in [4.78, 5) is 14.1. The molecule has 27 heavy (non-hydrogen) atoms. The second-order valence-electron chi connectivity index (χ2n) is 6.69. The van der Waals surface area contributed by atoms with Crippen LogP contribution >= 0.6 is 0 Å². The molecule has 1 aromatic heterocycles. The van der Waals surface area contributed by atoms with Crippen LogP contribution < -0.4 is 5.73 Å². The summed E-state index contributed by atoms with van der Waals surface area (Å²) in [6, 6.07) is 4.33. The molecule has 0 spiro atoms. The minimum Gasteiger partial charge on any atom is -0.337 e. The van der Waals surface area contributed by atoms with E-state index < -0.39 is 29.3 Å². The number of nitrogens with two attached hydrogens (primary N) is 1. The minimum atomic E-state index is -4.89. The number of alkyl halides is 3. The maximum atomic E-state index is 13.7. The smallest absolute Gasteiger partial charge is 0.337 e. The summed E-state index contributed by atoms with van der Waals surface area (Å²) in [5, 5.41) is 6.95. The number of hydrogen-bond donors (Lipinski definition) is 1. The third-order valence-corrected chi connectivity index (χ3v) is 4.68. The highest BCUT2D eigenvalue weighted by Crippen LogP contribution is 2.34. The molecule has 1 fully saturated rings. The Morgan fingerprint density at radius 1 is 1.37 bits per heavy atom. The fourth-order valence-corrected chi connectivity index (χ4v) is 3.24. The van der Waals surface area contributed by atoms with Gasteiger partial charge in [-0.25, -0.2) is 9.07 Å². The highest BCUT2D eigenvalue weighted by atomic mass is 19.4. The monoisotopic (exact) mass is 385 g/mol. The zero-order chi connectivity index (χ0) is 19.8. The molecule has 0 aliphatic carbocycles. The van der Waals surface area contributed by atoms with Crippen LogP contribution in [0.1, 0.15) is 35.9 Å². The van der Waals surface area contributed by atoms with Crippen LogP contribution in [0.4, 0.5) is 17.6 Å². The number of hydrogen-bond acceptors (Lipinski definition) is 4. The lowest BCUT2D eigenvalue weighted by Crippen LogP contribution is -2.45. The number of amides is 1. The van der Waals surface area contributed by atoms with Gasteiger partial charge >= 0.3 is 6.18 Å². The molecule has 2 N–H and O–H groups in total. The number of aromatic nitrogens is 3. The Morgan fingerprint density at radius 2 is 2.11 bits per heavy atom. The van der Waals surface area contributed by atoms with Gasteiger partial charge in [0, 0.05) is 19.1 Å². The van der Waals surface area contributed by atoms with Crippen molar-refractivity contribution in [3.63, 3.8) is 0 Å². The molecular weight excluding hydrogens is 366 g/mol. The molecular formula is C17H19F4N5O. The molecule has 0 radical (unpaired) electrons. The van der Waals surface area contributed by atoms with Crippen molar-refractivity contribution >= 4 is 5.91 Å². The molecule has 2 unspecified atom stereocenters. The Hall–Kier alpha value is -2.49. The van der Waals surface area contributed by atoms with E-state index in [9.17, 15) is 22.4 Å². The number of piperidine rings is 1. The Kier molecular flexibility index (Phi) is 5.18. The third kappa shape index (κ3) is 3.95. The zero-order valence-corrected chi connectivity index (χ0v) is 14.6. The van der Waals surface area contributed by atoms with Gasteiger partial charge in [0.15, 0.2) is 11.4 Å². The van der Waals surface area contributed by atoms with E-state index in [0.29, 0.717) is 17.6 Å². The van der Waals surface area contributed by atoms with E-state index >= 15 is 0 Å². The predicted octanol–water partition coefficient (Wildman–Crippen LogP) is 2.62. The number of carbonyl (C=O) groups is 1. The van der Waals surface area contributed by atoms with Crippen molar-refractivity contribution < 1.29 is 22.4 Å². The van der Waals surface area contributed by atoms with Gasteiger partial charge in [-0.1, -0.05) is 11.3 Å². The molecule has 0 saturated carbocycles. The van der Waals surface area contributed by atoms with E-state index in [1.807, 2.05) is 0 Å². The molecule has 2 atom stereocenters. The molecule has 1 aliphatic rings. The first-order valence-electron chi connectivity index (χ1n) is 8.52. The second-order valence-corrected chi connectivity index (χ2v) is 6.69. The summed E-state index contributed by atoms with van der Waals surface area (Å²) in [5.41, 5.74) is 3.60. The van der Waals surface area contributed by atoms with Gasteiger partial charge in [0.1, 0.15) is 5.82 Å². The quantitative estimate of drug-likeness (QED) is 0.824. The van der Waals surface area contributed by atoms with E-state index in [2.05, 4.69) is 10.3 Å². The largest absolute Gasteiger partial charge is 0.435 e. The lowest BCUT2D eigenvalue weighted by atomic mass is 9.92. The molecule has 2 aromatic rings. The summed E-state index contributed by atoms with van der Waals surface area (Å²) in [6.45, 7) is 2.40. The Bertz CT molecular complexity index is 833. The Labute approximate surface area is 152 Å². The van der Waals surface area contributed by atoms with Crippen LogP contribution in [0.25, 0.3) is 5.69 Å². The summed E-state index contributed by atoms with van der Waals surface area (Å²) in [5.74, 6) is -1.56. The van der Waals surface area contributed by atoms with Crippen molar-refractivity contribution in [3.05, 3.63) is 41.5 Å². The molecule has 1 saturated heterocycles. The van der Waals surface area contributed by atoms with Crippen molar-refractivity contribution in [3.8, 4) is 5.69 Å². The number of halogens is 4. The molecule has 3 rings (SSSR count). The van der Waals surface area contributed by atoms with Crippen LogP contribution in [0.15, 0.2) is 24.3 Å². The fraction of sp³-hybridized carbons (Fsp3) is 0.471. The minimum absolute atomic E-state index is 0.00954. The average Bonchev–Trinajstić information content (AvgIpc) is 3.06. The highest BCUT2D eigenvalue weighted by molar-refractivity contribution is 5.93. The van der Waals surface area contributed by atoms with Crippen molar-refractivity contribution in [2.75, 3.05) is 13.1 Å². The second kappa shape index (κ2) is 7.26. The third-order valence-electron chi connectivity index (χ3n) is 4.68. The number of rotatable bonds is 3. The maximum Gasteiger partial charge on any atom is 0.435 e. The molecule has 10 heteroatoms. The van der Waals surface area contributed by atoms with Crippen molar-refractivity contribution in [1.29, 1.82) is 0 Å². The van der Waals surface area contributed by atoms with Gasteiger partial charge in [0.2, 0.25) is 0 Å². The van der Waals surface area contributed by atoms with Gasteiger partial charge < -0.3 is 10.6 Å². The van der Waals surface area contributed by atoms with Crippen LogP contribution in [-0.4, -0.2) is 44.9 Å². The van der Waals surface area contributed by atoms with Crippen LogP contribution in [-0.2, 0) is 6.18 Å². The summed E-state index contributed by atoms with van der Waals surface area (Å²) < 4.78 is 54.9. The van der Waals surface area contributed by atoms with Crippen molar-refractivity contribution in [2.45, 2.75) is 32.0 Å². The van der Waals surface area contributed by atoms with E-state index in [1.54, 1.807) is 6.92 Å². The van der Waals surface area contributed by atoms with Gasteiger partial charge in [-0.15, -0.1) is 5.10 Å². The van der Waals surface area contributed by atoms with Crippen LogP contribution in [0, 0.1) is 11.7 Å². The number of nitrogens with zero attached hydrogens (tertiary/aromatic N) is 4. The van der Waals surface area contributed by atoms with Gasteiger partial charge in [-0.05, 0) is 43.9 Å². The van der Waals surface area contributed by atoms with E-state index in [4.69, 9.17) is 5.73 Å². The van der Waals surface area contributed by atoms with Gasteiger partial charge in [-0.3, -0.25) is 4.79 Å². The van der Waals surface area contributed by atoms with Gasteiger partial charge in [0.05, 0.1) is 5.69 Å². The van der Waals surface area contributed by atoms with Crippen LogP contribution in [0.3, 0.4) is 0 Å². The van der Waals surface area contributed by atoms with Crippen LogP contribution in [0.5, 0.6) is 0 Å². The van der Waals surface area contributed by atoms with E-state index in [-0.39, 0.29) is 24.2 Å². The van der Waals surface area contributed by atoms with Crippen molar-refractivity contribution in [2.24, 2.45) is 11.7 Å². The topological polar surface area (TPSA) is 77.0 Å². The average molecular weight is 385 g/mol. The number of carbonyl (C=O) groups excluding carboxylic acids is 1. The van der Waals surface area contributed by atoms with Crippen LogP contribution in [0.2, 0.25) is 0 Å². The van der Waals surface area contributed by atoms with E-state index in [1.165, 1.54) is 17.0 Å². The number of likely N-dealkylation sites (tertiary alicyclic amines) is 1. The number of benzene rings is 1. The molecule has 1 amide bonds. The standard InChI is InChI=1S/C17H19F4N5O/c1-10(22)11-4-3-7-25(9-11)16(27)14-15(17(19,20)21)26(24-23-14)13-6-2-5-12(18)8-13/h2,5-6,8,10-11H,3-4,7,9,22H2,1H3. The molecule has 1 aromatic carbocycles. The first-order chi connectivity index (χ1) is 12.7. The van der Waals surface area contributed by atoms with Gasteiger partial charge in [-0.2, -0.15) is 13.2 Å². The molecule has 1 aliphatic heterocycles. The molecule has 6 nitrogen and oxygen atoms in total. The first-order valence-corrected chi connectivity index (χ1v) is 8.52. The lowest BCUT2D eigenvalue weighted by molar-refractivity contribution is -0.143. The predicted molar refractivity (Wildman–Crippen MR) is 88.6 cm³/mol. The van der Waals surface area contributed by atoms with E-state index in [0.717, 1.165) is 18.6 Å². The molecule has 0 bridgehead atoms. The Balaban J connectivity index is 2.00. The first kappa shape index (κ1) is 19.3. The fourth-order valence-electron chi connectivity index (χ4n) is 3.24. The summed E-state index contributed by atoms with van der Waals surface area (Å²) in [7, 11) is 0. The SMILES string of the molecule is CC(N)C1CCCN(C(=O)c2nnn(-c3cccc(F)c3)c2C(F)(F)F)C1. The normalized spacial score (nSPS) is 19.2. The maximum absolute atomic E-state index is 13.7. The van der Waals surface area contributed by atoms with Gasteiger partial charge in [0.25, 0.3) is 5.91 Å². The Morgan fingerprint density at radius 3 is 2.74 bits per heavy atom. The molecule has 146 valence electrons. The molecule has 2 heterocycles. The summed E-state index contributed by atoms with van der Waals surface area (Å²) in [6.07, 6.45) is -3.43. The zero-order valence-electron chi connectivity index (χ0n) is 14.6.